The topological polar surface area (TPSA) is 79.4 Å². The molecule has 4 aliphatic rings. The average Bonchev–Trinajstić information content (AvgIpc) is 3.46. The number of fused-ring (bicyclic) bond motifs is 1. The van der Waals surface area contributed by atoms with E-state index in [9.17, 15) is 14.4 Å². The first-order valence-corrected chi connectivity index (χ1v) is 10.7. The minimum absolute atomic E-state index is 0.0225. The molecule has 0 saturated carbocycles. The molecule has 30 heavy (non-hydrogen) atoms. The number of likely N-dealkylation sites (tertiary alicyclic amines) is 1. The molecule has 5 rings (SSSR count). The van der Waals surface area contributed by atoms with Gasteiger partial charge in [-0.2, -0.15) is 0 Å². The number of ether oxygens (including phenoxy) is 2. The SMILES string of the molecule is CC(=O)N1CCc2cc(N3CC(C(=O)N4CCC5(CC4)OCCO5)CC3=O)ccc21. The van der Waals surface area contributed by atoms with Crippen LogP contribution in [0.1, 0.15) is 31.7 Å². The number of benzene rings is 1. The van der Waals surface area contributed by atoms with Crippen molar-refractivity contribution < 1.29 is 23.9 Å². The van der Waals surface area contributed by atoms with E-state index in [1.165, 1.54) is 0 Å². The predicted octanol–water partition coefficient (Wildman–Crippen LogP) is 1.31. The lowest BCUT2D eigenvalue weighted by atomic mass is 10.0. The fourth-order valence-electron chi connectivity index (χ4n) is 5.12. The van der Waals surface area contributed by atoms with Gasteiger partial charge in [-0.15, -0.1) is 0 Å². The Bertz CT molecular complexity index is 885. The zero-order valence-electron chi connectivity index (χ0n) is 17.3. The van der Waals surface area contributed by atoms with Gasteiger partial charge in [-0.05, 0) is 30.2 Å². The molecule has 0 bridgehead atoms. The molecule has 1 aromatic rings. The highest BCUT2D eigenvalue weighted by Gasteiger charge is 2.43. The number of nitrogens with zero attached hydrogens (tertiary/aromatic N) is 3. The Morgan fingerprint density at radius 3 is 2.53 bits per heavy atom. The number of carbonyl (C=O) groups is 3. The summed E-state index contributed by atoms with van der Waals surface area (Å²) in [6.45, 7) is 5.08. The standard InChI is InChI=1S/C22H27N3O5/c1-15(26)24-7-4-16-12-18(2-3-19(16)24)25-14-17(13-20(25)27)21(28)23-8-5-22(6-9-23)29-10-11-30-22/h2-3,12,17H,4-11,13-14H2,1H3. The first-order chi connectivity index (χ1) is 14.5. The van der Waals surface area contributed by atoms with Crippen molar-refractivity contribution in [1.29, 1.82) is 0 Å². The van der Waals surface area contributed by atoms with Gasteiger partial charge in [-0.3, -0.25) is 14.4 Å². The van der Waals surface area contributed by atoms with Gasteiger partial charge in [0.1, 0.15) is 0 Å². The lowest BCUT2D eigenvalue weighted by Gasteiger charge is -2.38. The average molecular weight is 413 g/mol. The number of hydrogen-bond acceptors (Lipinski definition) is 5. The Balaban J connectivity index is 1.25. The minimum Gasteiger partial charge on any atom is -0.347 e. The van der Waals surface area contributed by atoms with Crippen molar-refractivity contribution in [3.8, 4) is 0 Å². The number of carbonyl (C=O) groups excluding carboxylic acids is 3. The molecule has 1 atom stereocenters. The Morgan fingerprint density at radius 1 is 1.10 bits per heavy atom. The highest BCUT2D eigenvalue weighted by Crippen LogP contribution is 2.35. The van der Waals surface area contributed by atoms with Gasteiger partial charge in [-0.1, -0.05) is 0 Å². The Hall–Kier alpha value is -2.45. The van der Waals surface area contributed by atoms with Crippen LogP contribution in [0.15, 0.2) is 18.2 Å². The minimum atomic E-state index is -0.507. The third-order valence-electron chi connectivity index (χ3n) is 6.78. The van der Waals surface area contributed by atoms with E-state index in [-0.39, 0.29) is 30.1 Å². The second kappa shape index (κ2) is 7.35. The third-order valence-corrected chi connectivity index (χ3v) is 6.78. The third kappa shape index (κ3) is 3.28. The first-order valence-electron chi connectivity index (χ1n) is 10.7. The van der Waals surface area contributed by atoms with Gasteiger partial charge >= 0.3 is 0 Å². The van der Waals surface area contributed by atoms with E-state index in [1.807, 2.05) is 23.1 Å². The summed E-state index contributed by atoms with van der Waals surface area (Å²) >= 11 is 0. The van der Waals surface area contributed by atoms with Gasteiger partial charge in [0.2, 0.25) is 17.7 Å². The van der Waals surface area contributed by atoms with Gasteiger partial charge in [0, 0.05) is 63.7 Å². The van der Waals surface area contributed by atoms with Crippen LogP contribution in [-0.4, -0.2) is 67.8 Å². The van der Waals surface area contributed by atoms with Crippen LogP contribution in [0.3, 0.4) is 0 Å². The molecule has 0 aliphatic carbocycles. The normalized spacial score (nSPS) is 25.3. The van der Waals surface area contributed by atoms with Crippen LogP contribution in [0.5, 0.6) is 0 Å². The molecule has 0 aromatic heterocycles. The predicted molar refractivity (Wildman–Crippen MR) is 109 cm³/mol. The fraction of sp³-hybridized carbons (Fsp3) is 0.591. The first kappa shape index (κ1) is 19.5. The largest absolute Gasteiger partial charge is 0.347 e. The maximum absolute atomic E-state index is 13.1. The molecule has 0 radical (unpaired) electrons. The molecule has 3 fully saturated rings. The van der Waals surface area contributed by atoms with Crippen molar-refractivity contribution in [3.63, 3.8) is 0 Å². The van der Waals surface area contributed by atoms with E-state index in [0.29, 0.717) is 52.2 Å². The molecular formula is C22H27N3O5. The van der Waals surface area contributed by atoms with Crippen molar-refractivity contribution in [2.24, 2.45) is 5.92 Å². The van der Waals surface area contributed by atoms with E-state index >= 15 is 0 Å². The molecule has 8 nitrogen and oxygen atoms in total. The quantitative estimate of drug-likeness (QED) is 0.731. The van der Waals surface area contributed by atoms with E-state index in [1.54, 1.807) is 16.7 Å². The van der Waals surface area contributed by atoms with Crippen LogP contribution in [0.25, 0.3) is 0 Å². The summed E-state index contributed by atoms with van der Waals surface area (Å²) in [6.07, 6.45) is 2.39. The number of rotatable bonds is 2. The summed E-state index contributed by atoms with van der Waals surface area (Å²) in [5.74, 6) is -0.778. The van der Waals surface area contributed by atoms with Gasteiger partial charge in [0.25, 0.3) is 0 Å². The second-order valence-electron chi connectivity index (χ2n) is 8.57. The van der Waals surface area contributed by atoms with Gasteiger partial charge in [-0.25, -0.2) is 0 Å². The van der Waals surface area contributed by atoms with E-state index in [0.717, 1.165) is 23.4 Å². The molecule has 160 valence electrons. The monoisotopic (exact) mass is 413 g/mol. The molecule has 1 spiro atoms. The van der Waals surface area contributed by atoms with Crippen molar-refractivity contribution in [3.05, 3.63) is 23.8 Å². The maximum Gasteiger partial charge on any atom is 0.228 e. The Labute approximate surface area is 175 Å². The number of piperidine rings is 1. The van der Waals surface area contributed by atoms with Crippen LogP contribution in [0, 0.1) is 5.92 Å². The highest BCUT2D eigenvalue weighted by atomic mass is 16.7. The molecule has 1 aromatic carbocycles. The zero-order chi connectivity index (χ0) is 20.9. The van der Waals surface area contributed by atoms with Crippen LogP contribution < -0.4 is 9.80 Å². The summed E-state index contributed by atoms with van der Waals surface area (Å²) < 4.78 is 11.5. The summed E-state index contributed by atoms with van der Waals surface area (Å²) in [6, 6.07) is 5.78. The molecular weight excluding hydrogens is 386 g/mol. The van der Waals surface area contributed by atoms with Crippen molar-refractivity contribution in [2.75, 3.05) is 49.2 Å². The summed E-state index contributed by atoms with van der Waals surface area (Å²) in [5.41, 5.74) is 2.80. The lowest BCUT2D eigenvalue weighted by molar-refractivity contribution is -0.188. The highest BCUT2D eigenvalue weighted by molar-refractivity contribution is 6.01. The molecule has 4 heterocycles. The van der Waals surface area contributed by atoms with E-state index in [2.05, 4.69) is 0 Å². The molecule has 1 unspecified atom stereocenters. The maximum atomic E-state index is 13.1. The number of amides is 3. The second-order valence-corrected chi connectivity index (χ2v) is 8.57. The molecule has 0 N–H and O–H groups in total. The Morgan fingerprint density at radius 2 is 1.83 bits per heavy atom. The molecule has 8 heteroatoms. The van der Waals surface area contributed by atoms with Crippen LogP contribution >= 0.6 is 0 Å². The smallest absolute Gasteiger partial charge is 0.228 e. The summed E-state index contributed by atoms with van der Waals surface area (Å²) in [4.78, 5) is 42.8. The van der Waals surface area contributed by atoms with Gasteiger partial charge < -0.3 is 24.2 Å². The summed E-state index contributed by atoms with van der Waals surface area (Å²) in [7, 11) is 0. The fourth-order valence-corrected chi connectivity index (χ4v) is 5.12. The van der Waals surface area contributed by atoms with Crippen molar-refractivity contribution in [1.82, 2.24) is 4.90 Å². The van der Waals surface area contributed by atoms with E-state index in [4.69, 9.17) is 9.47 Å². The molecule has 4 aliphatic heterocycles. The number of anilines is 2. The molecule has 3 amide bonds. The van der Waals surface area contributed by atoms with E-state index < -0.39 is 5.79 Å². The Kier molecular flexibility index (Phi) is 4.78. The zero-order valence-corrected chi connectivity index (χ0v) is 17.3. The van der Waals surface area contributed by atoms with Crippen LogP contribution in [-0.2, 0) is 30.3 Å². The van der Waals surface area contributed by atoms with Gasteiger partial charge in [0.05, 0.1) is 19.1 Å². The lowest BCUT2D eigenvalue weighted by Crippen LogP contribution is -2.49. The van der Waals surface area contributed by atoms with Crippen molar-refractivity contribution >= 4 is 29.1 Å². The van der Waals surface area contributed by atoms with Crippen LogP contribution in [0.2, 0.25) is 0 Å². The van der Waals surface area contributed by atoms with Crippen LogP contribution in [0.4, 0.5) is 11.4 Å². The number of hydrogen-bond donors (Lipinski definition) is 0. The summed E-state index contributed by atoms with van der Waals surface area (Å²) in [5, 5.41) is 0. The van der Waals surface area contributed by atoms with Gasteiger partial charge in [0.15, 0.2) is 5.79 Å². The van der Waals surface area contributed by atoms with Crippen molar-refractivity contribution in [2.45, 2.75) is 38.4 Å². The molecule has 3 saturated heterocycles.